The fraction of sp³-hybridized carbons (Fsp3) is 0.292. The first-order valence-corrected chi connectivity index (χ1v) is 10.9. The van der Waals surface area contributed by atoms with Crippen LogP contribution in [0.5, 0.6) is 5.75 Å². The van der Waals surface area contributed by atoms with Gasteiger partial charge in [-0.05, 0) is 23.3 Å². The summed E-state index contributed by atoms with van der Waals surface area (Å²) in [6.45, 7) is -0.569. The summed E-state index contributed by atoms with van der Waals surface area (Å²) in [5, 5.41) is 34.8. The number of carbonyl (C=O) groups is 5. The van der Waals surface area contributed by atoms with Crippen molar-refractivity contribution in [2.75, 3.05) is 6.54 Å². The molecule has 2 aromatic carbocycles. The van der Waals surface area contributed by atoms with E-state index < -0.39 is 60.8 Å². The molecule has 0 aliphatic heterocycles. The molecule has 0 heterocycles. The number of nitrogens with one attached hydrogen (secondary N) is 3. The molecule has 12 heteroatoms. The number of nitrogens with two attached hydrogens (primary N) is 1. The van der Waals surface area contributed by atoms with Crippen LogP contribution in [0.4, 0.5) is 0 Å². The Morgan fingerprint density at radius 3 is 1.94 bits per heavy atom. The van der Waals surface area contributed by atoms with Gasteiger partial charge >= 0.3 is 11.9 Å². The molecule has 3 unspecified atom stereocenters. The molecule has 0 aliphatic rings. The molecule has 12 nitrogen and oxygen atoms in total. The number of carbonyl (C=O) groups excluding carboxylic acids is 3. The number of carboxylic acids is 2. The van der Waals surface area contributed by atoms with Gasteiger partial charge in [0.1, 0.15) is 17.8 Å². The third-order valence-corrected chi connectivity index (χ3v) is 5.08. The van der Waals surface area contributed by atoms with Crippen LogP contribution in [0.25, 0.3) is 0 Å². The lowest BCUT2D eigenvalue weighted by Gasteiger charge is -2.21. The van der Waals surface area contributed by atoms with Crippen LogP contribution in [0.3, 0.4) is 0 Å². The molecule has 2 aromatic rings. The number of hydrogen-bond acceptors (Lipinski definition) is 7. The highest BCUT2D eigenvalue weighted by Crippen LogP contribution is 2.12. The van der Waals surface area contributed by atoms with Crippen LogP contribution < -0.4 is 21.7 Å². The second kappa shape index (κ2) is 13.4. The number of aromatic hydroxyl groups is 1. The van der Waals surface area contributed by atoms with Crippen molar-refractivity contribution in [1.82, 2.24) is 16.0 Å². The zero-order valence-electron chi connectivity index (χ0n) is 19.2. The molecule has 0 spiro atoms. The van der Waals surface area contributed by atoms with E-state index in [-0.39, 0.29) is 18.6 Å². The van der Waals surface area contributed by atoms with Crippen molar-refractivity contribution < 1.29 is 39.3 Å². The number of phenolic OH excluding ortho intramolecular Hbond substituents is 1. The lowest BCUT2D eigenvalue weighted by Crippen LogP contribution is -2.54. The van der Waals surface area contributed by atoms with E-state index in [1.807, 2.05) is 0 Å². The Labute approximate surface area is 206 Å². The summed E-state index contributed by atoms with van der Waals surface area (Å²) in [6.07, 6.45) is -0.665. The van der Waals surface area contributed by atoms with Crippen molar-refractivity contribution in [3.8, 4) is 5.75 Å². The minimum absolute atomic E-state index is 0.00701. The van der Waals surface area contributed by atoms with Gasteiger partial charge < -0.3 is 37.0 Å². The SMILES string of the molecule is NC(CC(=O)O)C(=O)NC(Cc1ccc(O)cc1)C(=O)NCC(=O)NC(Cc1ccccc1)C(=O)O. The van der Waals surface area contributed by atoms with Gasteiger partial charge in [-0.15, -0.1) is 0 Å². The molecule has 3 atom stereocenters. The predicted octanol–water partition coefficient (Wildman–Crippen LogP) is -0.850. The van der Waals surface area contributed by atoms with Gasteiger partial charge in [0, 0.05) is 12.8 Å². The summed E-state index contributed by atoms with van der Waals surface area (Å²) in [4.78, 5) is 59.8. The number of amides is 3. The van der Waals surface area contributed by atoms with Gasteiger partial charge in [0.25, 0.3) is 0 Å². The van der Waals surface area contributed by atoms with Crippen LogP contribution in [-0.4, -0.2) is 69.7 Å². The molecule has 0 aromatic heterocycles. The highest BCUT2D eigenvalue weighted by molar-refractivity contribution is 5.93. The zero-order valence-corrected chi connectivity index (χ0v) is 19.2. The standard InChI is InChI=1S/C24H28N4O8/c25-17(12-21(31)32)22(33)28-18(10-15-6-8-16(29)9-7-15)23(34)26-13-20(30)27-19(24(35)36)11-14-4-2-1-3-5-14/h1-9,17-19,29H,10-13,25H2,(H,26,34)(H,27,30)(H,28,33)(H,31,32)(H,35,36). The quantitative estimate of drug-likeness (QED) is 0.182. The van der Waals surface area contributed by atoms with Crippen LogP contribution in [0.2, 0.25) is 0 Å². The van der Waals surface area contributed by atoms with Crippen molar-refractivity contribution in [3.63, 3.8) is 0 Å². The van der Waals surface area contributed by atoms with Crippen LogP contribution in [0.15, 0.2) is 54.6 Å². The maximum Gasteiger partial charge on any atom is 0.326 e. The summed E-state index contributed by atoms with van der Waals surface area (Å²) in [5.74, 6) is -4.96. The summed E-state index contributed by atoms with van der Waals surface area (Å²) in [6, 6.07) is 10.6. The molecule has 0 aliphatic carbocycles. The molecular formula is C24H28N4O8. The molecule has 192 valence electrons. The average molecular weight is 501 g/mol. The second-order valence-corrected chi connectivity index (χ2v) is 8.00. The maximum atomic E-state index is 12.8. The summed E-state index contributed by atoms with van der Waals surface area (Å²) in [7, 11) is 0. The normalized spacial score (nSPS) is 13.0. The second-order valence-electron chi connectivity index (χ2n) is 8.00. The van der Waals surface area contributed by atoms with Gasteiger partial charge in [0.15, 0.2) is 0 Å². The third-order valence-electron chi connectivity index (χ3n) is 5.08. The molecule has 0 radical (unpaired) electrons. The van der Waals surface area contributed by atoms with E-state index in [0.29, 0.717) is 11.1 Å². The molecule has 0 saturated carbocycles. The Kier molecular flexibility index (Phi) is 10.4. The Bertz CT molecular complexity index is 1080. The predicted molar refractivity (Wildman–Crippen MR) is 127 cm³/mol. The van der Waals surface area contributed by atoms with Crippen molar-refractivity contribution in [3.05, 3.63) is 65.7 Å². The number of carboxylic acid groups (broad SMARTS) is 2. The zero-order chi connectivity index (χ0) is 26.7. The van der Waals surface area contributed by atoms with E-state index in [1.54, 1.807) is 30.3 Å². The Hall–Kier alpha value is -4.45. The summed E-state index contributed by atoms with van der Waals surface area (Å²) in [5.41, 5.74) is 6.82. The average Bonchev–Trinajstić information content (AvgIpc) is 2.83. The Morgan fingerprint density at radius 2 is 1.36 bits per heavy atom. The first-order chi connectivity index (χ1) is 17.0. The number of hydrogen-bond donors (Lipinski definition) is 7. The van der Waals surface area contributed by atoms with Crippen LogP contribution >= 0.6 is 0 Å². The van der Waals surface area contributed by atoms with E-state index in [1.165, 1.54) is 24.3 Å². The van der Waals surface area contributed by atoms with E-state index in [2.05, 4.69) is 16.0 Å². The Morgan fingerprint density at radius 1 is 0.778 bits per heavy atom. The fourth-order valence-electron chi connectivity index (χ4n) is 3.22. The molecule has 0 saturated heterocycles. The molecule has 8 N–H and O–H groups in total. The molecule has 3 amide bonds. The molecular weight excluding hydrogens is 472 g/mol. The van der Waals surface area contributed by atoms with E-state index >= 15 is 0 Å². The lowest BCUT2D eigenvalue weighted by atomic mass is 10.0. The molecule has 0 fully saturated rings. The van der Waals surface area contributed by atoms with Crippen molar-refractivity contribution in [2.24, 2.45) is 5.73 Å². The smallest absolute Gasteiger partial charge is 0.326 e. The van der Waals surface area contributed by atoms with E-state index in [9.17, 15) is 34.2 Å². The molecule has 36 heavy (non-hydrogen) atoms. The van der Waals surface area contributed by atoms with Crippen molar-refractivity contribution in [1.29, 1.82) is 0 Å². The van der Waals surface area contributed by atoms with Gasteiger partial charge in [0.05, 0.1) is 19.0 Å². The maximum absolute atomic E-state index is 12.8. The number of rotatable bonds is 13. The van der Waals surface area contributed by atoms with Crippen molar-refractivity contribution in [2.45, 2.75) is 37.4 Å². The summed E-state index contributed by atoms with van der Waals surface area (Å²) < 4.78 is 0. The van der Waals surface area contributed by atoms with Gasteiger partial charge in [0.2, 0.25) is 17.7 Å². The number of benzene rings is 2. The van der Waals surface area contributed by atoms with Gasteiger partial charge in [-0.3, -0.25) is 19.2 Å². The monoisotopic (exact) mass is 500 g/mol. The fourth-order valence-corrected chi connectivity index (χ4v) is 3.22. The largest absolute Gasteiger partial charge is 0.508 e. The highest BCUT2D eigenvalue weighted by atomic mass is 16.4. The third kappa shape index (κ3) is 9.43. The van der Waals surface area contributed by atoms with Crippen molar-refractivity contribution >= 4 is 29.7 Å². The van der Waals surface area contributed by atoms with Gasteiger partial charge in [-0.25, -0.2) is 4.79 Å². The van der Waals surface area contributed by atoms with E-state index in [0.717, 1.165) is 0 Å². The number of aliphatic carboxylic acids is 2. The van der Waals surface area contributed by atoms with Crippen LogP contribution in [0.1, 0.15) is 17.5 Å². The first kappa shape index (κ1) is 27.8. The number of phenols is 1. The lowest BCUT2D eigenvalue weighted by molar-refractivity contribution is -0.141. The van der Waals surface area contributed by atoms with Gasteiger partial charge in [-0.1, -0.05) is 42.5 Å². The topological polar surface area (TPSA) is 208 Å². The van der Waals surface area contributed by atoms with E-state index in [4.69, 9.17) is 10.8 Å². The highest BCUT2D eigenvalue weighted by Gasteiger charge is 2.26. The molecule has 0 bridgehead atoms. The summed E-state index contributed by atoms with van der Waals surface area (Å²) >= 11 is 0. The molecule has 2 rings (SSSR count). The minimum atomic E-state index is -1.41. The minimum Gasteiger partial charge on any atom is -0.508 e. The first-order valence-electron chi connectivity index (χ1n) is 10.9. The Balaban J connectivity index is 2.02. The van der Waals surface area contributed by atoms with Crippen LogP contribution in [-0.2, 0) is 36.8 Å². The van der Waals surface area contributed by atoms with Crippen LogP contribution in [0, 0.1) is 0 Å². The van der Waals surface area contributed by atoms with Gasteiger partial charge in [-0.2, -0.15) is 0 Å².